The van der Waals surface area contributed by atoms with Crippen molar-refractivity contribution in [2.75, 3.05) is 0 Å². The molecule has 1 aliphatic rings. The number of aryl methyl sites for hydroxylation is 1. The Morgan fingerprint density at radius 2 is 2.29 bits per heavy atom. The van der Waals surface area contributed by atoms with E-state index in [-0.39, 0.29) is 0 Å². The van der Waals surface area contributed by atoms with E-state index in [4.69, 9.17) is 0 Å². The molecule has 0 saturated carbocycles. The van der Waals surface area contributed by atoms with Crippen molar-refractivity contribution in [1.82, 2.24) is 9.55 Å². The Morgan fingerprint density at radius 1 is 1.41 bits per heavy atom. The molecule has 4 heteroatoms. The number of hydrogen-bond donors (Lipinski definition) is 1. The normalized spacial score (nSPS) is 19.1. The minimum Gasteiger partial charge on any atom is -0.373 e. The maximum Gasteiger partial charge on any atom is 0.142 e. The van der Waals surface area contributed by atoms with Gasteiger partial charge in [0, 0.05) is 21.9 Å². The van der Waals surface area contributed by atoms with Crippen LogP contribution in [-0.2, 0) is 6.42 Å². The van der Waals surface area contributed by atoms with Crippen molar-refractivity contribution in [2.24, 2.45) is 0 Å². The second-order valence-corrected chi connectivity index (χ2v) is 5.24. The molecule has 0 spiro atoms. The smallest absolute Gasteiger partial charge is 0.142 e. The number of imidazole rings is 1. The Morgan fingerprint density at radius 3 is 3.12 bits per heavy atom. The SMILES string of the molecule is OC1CCCc2cnc(-c3cccc(Br)c3)n21. The van der Waals surface area contributed by atoms with Crippen LogP contribution >= 0.6 is 15.9 Å². The molecule has 0 fully saturated rings. The molecule has 0 amide bonds. The zero-order valence-corrected chi connectivity index (χ0v) is 10.9. The van der Waals surface area contributed by atoms with Crippen molar-refractivity contribution < 1.29 is 5.11 Å². The van der Waals surface area contributed by atoms with Crippen molar-refractivity contribution in [3.8, 4) is 11.4 Å². The lowest BCUT2D eigenvalue weighted by molar-refractivity contribution is 0.0807. The molecule has 3 nitrogen and oxygen atoms in total. The first-order valence-corrected chi connectivity index (χ1v) is 6.55. The lowest BCUT2D eigenvalue weighted by Crippen LogP contribution is -2.17. The van der Waals surface area contributed by atoms with Gasteiger partial charge in [0.1, 0.15) is 12.1 Å². The van der Waals surface area contributed by atoms with E-state index >= 15 is 0 Å². The average molecular weight is 293 g/mol. The molecule has 17 heavy (non-hydrogen) atoms. The second-order valence-electron chi connectivity index (χ2n) is 4.33. The zero-order valence-electron chi connectivity index (χ0n) is 9.31. The van der Waals surface area contributed by atoms with Crippen molar-refractivity contribution in [2.45, 2.75) is 25.5 Å². The fraction of sp³-hybridized carbons (Fsp3) is 0.308. The number of aromatic nitrogens is 2. The first-order chi connectivity index (χ1) is 8.25. The Balaban J connectivity index is 2.13. The van der Waals surface area contributed by atoms with Gasteiger partial charge < -0.3 is 9.67 Å². The van der Waals surface area contributed by atoms with Crippen LogP contribution in [0.1, 0.15) is 24.8 Å². The Labute approximate surface area is 108 Å². The highest BCUT2D eigenvalue weighted by atomic mass is 79.9. The van der Waals surface area contributed by atoms with Gasteiger partial charge in [-0.3, -0.25) is 0 Å². The molecule has 0 aliphatic carbocycles. The van der Waals surface area contributed by atoms with Gasteiger partial charge in [0.2, 0.25) is 0 Å². The monoisotopic (exact) mass is 292 g/mol. The van der Waals surface area contributed by atoms with Gasteiger partial charge in [0.15, 0.2) is 0 Å². The van der Waals surface area contributed by atoms with Crippen LogP contribution in [0.4, 0.5) is 0 Å². The molecule has 1 N–H and O–H groups in total. The summed E-state index contributed by atoms with van der Waals surface area (Å²) in [5.41, 5.74) is 2.16. The number of fused-ring (bicyclic) bond motifs is 1. The quantitative estimate of drug-likeness (QED) is 0.877. The van der Waals surface area contributed by atoms with Crippen LogP contribution in [0.3, 0.4) is 0 Å². The molecule has 1 unspecified atom stereocenters. The predicted molar refractivity (Wildman–Crippen MR) is 69.6 cm³/mol. The van der Waals surface area contributed by atoms with Gasteiger partial charge in [0.25, 0.3) is 0 Å². The highest BCUT2D eigenvalue weighted by Crippen LogP contribution is 2.30. The van der Waals surface area contributed by atoms with Crippen LogP contribution < -0.4 is 0 Å². The second kappa shape index (κ2) is 4.27. The minimum absolute atomic E-state index is 0.435. The fourth-order valence-corrected chi connectivity index (χ4v) is 2.75. The predicted octanol–water partition coefficient (Wildman–Crippen LogP) is 3.14. The number of aliphatic hydroxyl groups excluding tert-OH is 1. The van der Waals surface area contributed by atoms with Crippen molar-refractivity contribution in [1.29, 1.82) is 0 Å². The molecule has 1 aromatic heterocycles. The summed E-state index contributed by atoms with van der Waals surface area (Å²) in [5.74, 6) is 0.855. The third-order valence-corrected chi connectivity index (χ3v) is 3.64. The standard InChI is InChI=1S/C13H13BrN2O/c14-10-4-1-3-9(7-10)13-15-8-11-5-2-6-12(17)16(11)13/h1,3-4,7-8,12,17H,2,5-6H2. The summed E-state index contributed by atoms with van der Waals surface area (Å²) < 4.78 is 2.98. The summed E-state index contributed by atoms with van der Waals surface area (Å²) in [6.07, 6.45) is 4.28. The third-order valence-electron chi connectivity index (χ3n) is 3.15. The first-order valence-electron chi connectivity index (χ1n) is 5.76. The number of rotatable bonds is 1. The Hall–Kier alpha value is -1.13. The Kier molecular flexibility index (Phi) is 2.76. The van der Waals surface area contributed by atoms with Crippen LogP contribution in [0.15, 0.2) is 34.9 Å². The van der Waals surface area contributed by atoms with E-state index in [1.54, 1.807) is 0 Å². The van der Waals surface area contributed by atoms with E-state index in [1.165, 1.54) is 0 Å². The molecular formula is C13H13BrN2O. The molecule has 2 heterocycles. The molecule has 1 aromatic carbocycles. The number of nitrogens with zero attached hydrogens (tertiary/aromatic N) is 2. The molecule has 3 rings (SSSR count). The van der Waals surface area contributed by atoms with Gasteiger partial charge in [-0.05, 0) is 31.4 Å². The summed E-state index contributed by atoms with van der Waals surface area (Å²) in [6, 6.07) is 8.01. The van der Waals surface area contributed by atoms with Gasteiger partial charge in [-0.25, -0.2) is 4.98 Å². The van der Waals surface area contributed by atoms with E-state index in [9.17, 15) is 5.11 Å². The van der Waals surface area contributed by atoms with Gasteiger partial charge in [0.05, 0.1) is 0 Å². The topological polar surface area (TPSA) is 38.1 Å². The highest BCUT2D eigenvalue weighted by Gasteiger charge is 2.21. The summed E-state index contributed by atoms with van der Waals surface area (Å²) in [5, 5.41) is 10.1. The maximum absolute atomic E-state index is 10.1. The molecule has 1 atom stereocenters. The molecule has 0 saturated heterocycles. The highest BCUT2D eigenvalue weighted by molar-refractivity contribution is 9.10. The summed E-state index contributed by atoms with van der Waals surface area (Å²) >= 11 is 3.46. The zero-order chi connectivity index (χ0) is 11.8. The molecule has 88 valence electrons. The van der Waals surface area contributed by atoms with Crippen LogP contribution in [0, 0.1) is 0 Å². The largest absolute Gasteiger partial charge is 0.373 e. The Bertz CT molecular complexity index is 550. The van der Waals surface area contributed by atoms with E-state index in [0.717, 1.165) is 40.8 Å². The molecular weight excluding hydrogens is 280 g/mol. The molecule has 0 bridgehead atoms. The van der Waals surface area contributed by atoms with E-state index < -0.39 is 6.23 Å². The lowest BCUT2D eigenvalue weighted by atomic mass is 10.1. The maximum atomic E-state index is 10.1. The van der Waals surface area contributed by atoms with Crippen LogP contribution in [-0.4, -0.2) is 14.7 Å². The summed E-state index contributed by atoms with van der Waals surface area (Å²) in [6.45, 7) is 0. The summed E-state index contributed by atoms with van der Waals surface area (Å²) in [4.78, 5) is 4.44. The molecule has 0 radical (unpaired) electrons. The van der Waals surface area contributed by atoms with E-state index in [2.05, 4.69) is 20.9 Å². The van der Waals surface area contributed by atoms with Gasteiger partial charge >= 0.3 is 0 Å². The van der Waals surface area contributed by atoms with Gasteiger partial charge in [-0.15, -0.1) is 0 Å². The fourth-order valence-electron chi connectivity index (χ4n) is 2.35. The lowest BCUT2D eigenvalue weighted by Gasteiger charge is -2.22. The van der Waals surface area contributed by atoms with Crippen molar-refractivity contribution in [3.63, 3.8) is 0 Å². The minimum atomic E-state index is -0.435. The third kappa shape index (κ3) is 1.91. The van der Waals surface area contributed by atoms with E-state index in [1.807, 2.05) is 35.0 Å². The van der Waals surface area contributed by atoms with Crippen LogP contribution in [0.5, 0.6) is 0 Å². The average Bonchev–Trinajstić information content (AvgIpc) is 2.74. The van der Waals surface area contributed by atoms with Crippen LogP contribution in [0.2, 0.25) is 0 Å². The van der Waals surface area contributed by atoms with Crippen molar-refractivity contribution >= 4 is 15.9 Å². The van der Waals surface area contributed by atoms with Crippen molar-refractivity contribution in [3.05, 3.63) is 40.6 Å². The van der Waals surface area contributed by atoms with Gasteiger partial charge in [-0.2, -0.15) is 0 Å². The molecule has 2 aromatic rings. The first kappa shape index (κ1) is 11.0. The number of aliphatic hydroxyl groups is 1. The number of benzene rings is 1. The van der Waals surface area contributed by atoms with Gasteiger partial charge in [-0.1, -0.05) is 28.1 Å². The number of hydrogen-bond acceptors (Lipinski definition) is 2. The van der Waals surface area contributed by atoms with Crippen LogP contribution in [0.25, 0.3) is 11.4 Å². The number of halogens is 1. The van der Waals surface area contributed by atoms with E-state index in [0.29, 0.717) is 0 Å². The summed E-state index contributed by atoms with van der Waals surface area (Å²) in [7, 11) is 0. The molecule has 1 aliphatic heterocycles.